The molecule has 2 aromatic rings. The third-order valence-corrected chi connectivity index (χ3v) is 8.90. The zero-order valence-corrected chi connectivity index (χ0v) is 24.5. The van der Waals surface area contributed by atoms with Crippen molar-refractivity contribution in [1.82, 2.24) is 19.8 Å². The number of benzene rings is 1. The number of hydrogen-bond donors (Lipinski definition) is 0. The van der Waals surface area contributed by atoms with E-state index in [2.05, 4.69) is 35.3 Å². The molecule has 218 valence electrons. The van der Waals surface area contributed by atoms with Crippen LogP contribution in [0.2, 0.25) is 5.02 Å². The number of piperazine rings is 1. The summed E-state index contributed by atoms with van der Waals surface area (Å²) in [5.41, 5.74) is 2.47. The number of carbonyl (C=O) groups excluding carboxylic acids is 1. The van der Waals surface area contributed by atoms with Gasteiger partial charge in [-0.05, 0) is 63.9 Å². The van der Waals surface area contributed by atoms with Crippen molar-refractivity contribution in [1.29, 1.82) is 0 Å². The molecule has 5 rings (SSSR count). The van der Waals surface area contributed by atoms with Gasteiger partial charge in [0.25, 0.3) is 0 Å². The van der Waals surface area contributed by atoms with Gasteiger partial charge in [-0.1, -0.05) is 24.2 Å². The highest BCUT2D eigenvalue weighted by Gasteiger charge is 2.35. The van der Waals surface area contributed by atoms with E-state index in [0.29, 0.717) is 69.4 Å². The smallest absolute Gasteiger partial charge is 0.318 e. The van der Waals surface area contributed by atoms with Crippen LogP contribution in [0.15, 0.2) is 30.9 Å². The summed E-state index contributed by atoms with van der Waals surface area (Å²) in [7, 11) is 4.24. The van der Waals surface area contributed by atoms with Crippen LogP contribution in [-0.2, 0) is 17.8 Å². The summed E-state index contributed by atoms with van der Waals surface area (Å²) >= 11 is 6.34. The van der Waals surface area contributed by atoms with Gasteiger partial charge < -0.3 is 29.2 Å². The van der Waals surface area contributed by atoms with Gasteiger partial charge in [-0.15, -0.1) is 0 Å². The molecule has 3 atom stereocenters. The van der Waals surface area contributed by atoms with Gasteiger partial charge in [0.1, 0.15) is 17.7 Å². The van der Waals surface area contributed by atoms with Gasteiger partial charge in [0, 0.05) is 37.8 Å². The van der Waals surface area contributed by atoms with Gasteiger partial charge in [-0.3, -0.25) is 4.79 Å². The Bertz CT molecular complexity index is 1330. The van der Waals surface area contributed by atoms with Crippen molar-refractivity contribution in [2.75, 3.05) is 63.2 Å². The minimum atomic E-state index is -0.451. The van der Waals surface area contributed by atoms with E-state index in [-0.39, 0.29) is 23.5 Å². The topological polar surface area (TPSA) is 69.4 Å². The number of hydrogen-bond acceptors (Lipinski definition) is 7. The van der Waals surface area contributed by atoms with Gasteiger partial charge in [0.05, 0.1) is 29.6 Å². The molecule has 1 saturated heterocycles. The molecular weight excluding hydrogens is 545 g/mol. The minimum absolute atomic E-state index is 0.100. The first-order valence-electron chi connectivity index (χ1n) is 14.2. The summed E-state index contributed by atoms with van der Waals surface area (Å²) < 4.78 is 20.5. The van der Waals surface area contributed by atoms with Crippen molar-refractivity contribution in [3.63, 3.8) is 0 Å². The molecule has 1 aromatic heterocycles. The van der Waals surface area contributed by atoms with E-state index >= 15 is 0 Å². The van der Waals surface area contributed by atoms with E-state index in [9.17, 15) is 9.18 Å². The average molecular weight is 582 g/mol. The summed E-state index contributed by atoms with van der Waals surface area (Å²) in [6.45, 7) is 14.4. The zero-order chi connectivity index (χ0) is 29.1. The highest BCUT2D eigenvalue weighted by molar-refractivity contribution is 6.33. The molecule has 11 heteroatoms. The van der Waals surface area contributed by atoms with Crippen LogP contribution >= 0.6 is 11.6 Å². The molecular formula is C30H37ClFN7O2. The van der Waals surface area contributed by atoms with Gasteiger partial charge in [-0.2, -0.15) is 9.97 Å². The van der Waals surface area contributed by atoms with Crippen LogP contribution in [0, 0.1) is 18.3 Å². The Labute approximate surface area is 246 Å². The van der Waals surface area contributed by atoms with Crippen LogP contribution < -0.4 is 14.5 Å². The first-order valence-corrected chi connectivity index (χ1v) is 14.6. The third kappa shape index (κ3) is 6.26. The van der Waals surface area contributed by atoms with Gasteiger partial charge in [-0.25, -0.2) is 11.0 Å². The third-order valence-electron chi connectivity index (χ3n) is 8.53. The molecule has 9 nitrogen and oxygen atoms in total. The van der Waals surface area contributed by atoms with Crippen LogP contribution in [0.3, 0.4) is 0 Å². The van der Waals surface area contributed by atoms with E-state index in [0.717, 1.165) is 36.3 Å². The maximum absolute atomic E-state index is 14.3. The lowest BCUT2D eigenvalue weighted by molar-refractivity contribution is -0.128. The lowest BCUT2D eigenvalue weighted by Crippen LogP contribution is -2.56. The summed E-state index contributed by atoms with van der Waals surface area (Å²) in [6.07, 6.45) is 5.28. The second-order valence-electron chi connectivity index (χ2n) is 11.3. The number of fused-ring (bicyclic) bond motifs is 1. The van der Waals surface area contributed by atoms with Crippen LogP contribution in [0.1, 0.15) is 30.5 Å². The summed E-state index contributed by atoms with van der Waals surface area (Å²) in [6, 6.07) is 5.45. The van der Waals surface area contributed by atoms with Crippen molar-refractivity contribution in [3.8, 4) is 6.01 Å². The SMILES string of the molecule is [C-]#[N+]CC1CN(c2nc(OCC3CCC(N(C)C)C3)nc3c2CCN(c2cccc(F)c2Cl)C3)CCN1C(=O)C=C. The molecule has 2 fully saturated rings. The maximum Gasteiger partial charge on any atom is 0.318 e. The monoisotopic (exact) mass is 581 g/mol. The quantitative estimate of drug-likeness (QED) is 0.344. The van der Waals surface area contributed by atoms with E-state index < -0.39 is 5.82 Å². The number of halogens is 2. The lowest BCUT2D eigenvalue weighted by atomic mass is 10.0. The molecule has 1 aromatic carbocycles. The number of anilines is 2. The van der Waals surface area contributed by atoms with E-state index in [1.165, 1.54) is 12.1 Å². The molecule has 0 N–H and O–H groups in total. The predicted octanol–water partition coefficient (Wildman–Crippen LogP) is 4.06. The number of carbonyl (C=O) groups is 1. The molecule has 1 saturated carbocycles. The number of aromatic nitrogens is 2. The number of nitrogens with zero attached hydrogens (tertiary/aromatic N) is 7. The standard InChI is InChI=1S/C30H37ClFN7O2/c1-5-27(40)39-14-13-38(17-22(39)16-33-2)29-23-11-12-37(26-8-6-7-24(32)28(26)31)18-25(23)34-30(35-29)41-19-20-9-10-21(15-20)36(3)4/h5-8,20-22H,1,9-19H2,3-4H3. The Hall–Kier alpha value is -3.42. The number of amides is 1. The molecule has 1 aliphatic carbocycles. The second-order valence-corrected chi connectivity index (χ2v) is 11.7. The minimum Gasteiger partial charge on any atom is -0.463 e. The zero-order valence-electron chi connectivity index (χ0n) is 23.7. The first-order chi connectivity index (χ1) is 19.8. The van der Waals surface area contributed by atoms with Gasteiger partial charge in [0.15, 0.2) is 0 Å². The first kappa shape index (κ1) is 29.1. The predicted molar refractivity (Wildman–Crippen MR) is 158 cm³/mol. The fourth-order valence-corrected chi connectivity index (χ4v) is 6.48. The van der Waals surface area contributed by atoms with E-state index in [1.807, 2.05) is 11.0 Å². The second kappa shape index (κ2) is 12.6. The van der Waals surface area contributed by atoms with Crippen molar-refractivity contribution < 1.29 is 13.9 Å². The normalized spacial score (nSPS) is 22.4. The molecule has 0 bridgehead atoms. The van der Waals surface area contributed by atoms with Crippen LogP contribution in [0.4, 0.5) is 15.9 Å². The molecule has 2 aliphatic heterocycles. The van der Waals surface area contributed by atoms with Crippen LogP contribution in [0.25, 0.3) is 4.85 Å². The Kier molecular flexibility index (Phi) is 8.95. The molecule has 0 radical (unpaired) electrons. The Balaban J connectivity index is 1.43. The fraction of sp³-hybridized carbons (Fsp3) is 0.533. The Morgan fingerprint density at radius 1 is 1.27 bits per heavy atom. The largest absolute Gasteiger partial charge is 0.463 e. The molecule has 3 unspecified atom stereocenters. The van der Waals surface area contributed by atoms with Crippen molar-refractivity contribution in [2.45, 2.75) is 44.3 Å². The van der Waals surface area contributed by atoms with Crippen LogP contribution in [-0.4, -0.2) is 91.2 Å². The molecule has 41 heavy (non-hydrogen) atoms. The summed E-state index contributed by atoms with van der Waals surface area (Å²) in [5.74, 6) is 0.604. The highest BCUT2D eigenvalue weighted by Crippen LogP contribution is 2.36. The molecule has 1 amide bonds. The maximum atomic E-state index is 14.3. The highest BCUT2D eigenvalue weighted by atomic mass is 35.5. The molecule has 0 spiro atoms. The molecule has 3 aliphatic rings. The Morgan fingerprint density at radius 2 is 2.10 bits per heavy atom. The van der Waals surface area contributed by atoms with Crippen molar-refractivity contribution in [3.05, 3.63) is 64.4 Å². The summed E-state index contributed by atoms with van der Waals surface area (Å²) in [4.78, 5) is 34.0. The van der Waals surface area contributed by atoms with Crippen LogP contribution in [0.5, 0.6) is 6.01 Å². The average Bonchev–Trinajstić information content (AvgIpc) is 3.46. The van der Waals surface area contributed by atoms with E-state index in [4.69, 9.17) is 32.9 Å². The van der Waals surface area contributed by atoms with Gasteiger partial charge in [0.2, 0.25) is 12.5 Å². The van der Waals surface area contributed by atoms with Crippen molar-refractivity contribution in [2.24, 2.45) is 5.92 Å². The fourth-order valence-electron chi connectivity index (χ4n) is 6.23. The summed E-state index contributed by atoms with van der Waals surface area (Å²) in [5, 5.41) is 0.100. The number of ether oxygens (including phenoxy) is 1. The Morgan fingerprint density at radius 3 is 2.83 bits per heavy atom. The lowest BCUT2D eigenvalue weighted by Gasteiger charge is -2.41. The van der Waals surface area contributed by atoms with Gasteiger partial charge >= 0.3 is 6.01 Å². The van der Waals surface area contributed by atoms with Crippen molar-refractivity contribution >= 4 is 29.0 Å². The molecule has 3 heterocycles. The van der Waals surface area contributed by atoms with E-state index in [1.54, 1.807) is 11.0 Å². The number of rotatable bonds is 8.